The van der Waals surface area contributed by atoms with Gasteiger partial charge in [-0.3, -0.25) is 9.59 Å². The molecule has 6 heteroatoms. The van der Waals surface area contributed by atoms with Crippen LogP contribution in [0, 0.1) is 0 Å². The highest BCUT2D eigenvalue weighted by Crippen LogP contribution is 2.16. The van der Waals surface area contributed by atoms with E-state index in [1.165, 1.54) is 38.5 Å². The summed E-state index contributed by atoms with van der Waals surface area (Å²) in [6.07, 6.45) is 64.0. The normalized spacial score (nSPS) is 14.4. The molecule has 0 aliphatic heterocycles. The standard InChI is InChI=1S/C54H87NO5/c1-4-7-10-13-16-19-21-23-25-27-29-31-34-36-39-42-45-50(48-53(58)55-51(49-56)52(57)46-43-40-37-33-18-15-12-9-6-3)60-54(59)47-44-41-38-35-32-30-28-26-24-22-20-17-14-11-8-5-2/h8,10-11,13,16-17,19-21,23-27,29-32,38,41,50-52,56-57H,4-7,9,12,14-15,18,22,28,33-37,39-40,42-49H2,1-3H3,(H,55,58)/b11-8+,13-10+,19-16+,20-17+,23-21+,26-24+,27-25+,31-29+,32-30+,41-38+. The molecule has 0 bridgehead atoms. The molecule has 60 heavy (non-hydrogen) atoms. The largest absolute Gasteiger partial charge is 0.462 e. The van der Waals surface area contributed by atoms with Crippen molar-refractivity contribution in [3.8, 4) is 0 Å². The average Bonchev–Trinajstić information content (AvgIpc) is 3.24. The molecule has 0 saturated carbocycles. The van der Waals surface area contributed by atoms with E-state index in [-0.39, 0.29) is 31.3 Å². The number of carbonyl (C=O) groups excluding carboxylic acids is 2. The number of ether oxygens (including phenoxy) is 1. The van der Waals surface area contributed by atoms with Crippen molar-refractivity contribution in [3.63, 3.8) is 0 Å². The van der Waals surface area contributed by atoms with E-state index in [4.69, 9.17) is 4.74 Å². The van der Waals surface area contributed by atoms with Crippen molar-refractivity contribution in [1.29, 1.82) is 0 Å². The Morgan fingerprint density at radius 1 is 0.517 bits per heavy atom. The highest BCUT2D eigenvalue weighted by Gasteiger charge is 2.24. The summed E-state index contributed by atoms with van der Waals surface area (Å²) in [5.41, 5.74) is 0. The number of unbranched alkanes of at least 4 members (excludes halogenated alkanes) is 12. The first-order valence-electron chi connectivity index (χ1n) is 23.8. The van der Waals surface area contributed by atoms with Crippen molar-refractivity contribution >= 4 is 11.9 Å². The van der Waals surface area contributed by atoms with E-state index in [9.17, 15) is 19.8 Å². The van der Waals surface area contributed by atoms with Crippen molar-refractivity contribution < 1.29 is 24.5 Å². The van der Waals surface area contributed by atoms with E-state index in [2.05, 4.69) is 105 Å². The van der Waals surface area contributed by atoms with Gasteiger partial charge in [0.25, 0.3) is 0 Å². The maximum Gasteiger partial charge on any atom is 0.306 e. The first-order valence-corrected chi connectivity index (χ1v) is 23.8. The molecule has 0 aromatic carbocycles. The van der Waals surface area contributed by atoms with Gasteiger partial charge >= 0.3 is 5.97 Å². The molecule has 0 heterocycles. The van der Waals surface area contributed by atoms with Gasteiger partial charge in [-0.15, -0.1) is 0 Å². The summed E-state index contributed by atoms with van der Waals surface area (Å²) < 4.78 is 5.85. The van der Waals surface area contributed by atoms with E-state index in [0.717, 1.165) is 89.9 Å². The van der Waals surface area contributed by atoms with E-state index in [0.29, 0.717) is 19.3 Å². The van der Waals surface area contributed by atoms with Gasteiger partial charge in [0.15, 0.2) is 0 Å². The number of allylic oxidation sites excluding steroid dienone is 20. The van der Waals surface area contributed by atoms with E-state index < -0.39 is 18.2 Å². The molecule has 338 valence electrons. The van der Waals surface area contributed by atoms with Crippen molar-refractivity contribution in [2.24, 2.45) is 0 Å². The van der Waals surface area contributed by atoms with Gasteiger partial charge in [-0.1, -0.05) is 213 Å². The van der Waals surface area contributed by atoms with Gasteiger partial charge in [0.1, 0.15) is 6.10 Å². The van der Waals surface area contributed by atoms with Crippen molar-refractivity contribution in [1.82, 2.24) is 5.32 Å². The molecule has 6 nitrogen and oxygen atoms in total. The number of amides is 1. The molecule has 3 atom stereocenters. The zero-order valence-electron chi connectivity index (χ0n) is 38.3. The molecular weight excluding hydrogens is 743 g/mol. The maximum absolute atomic E-state index is 13.1. The van der Waals surface area contributed by atoms with Crippen LogP contribution in [0.2, 0.25) is 0 Å². The molecule has 0 saturated heterocycles. The minimum atomic E-state index is -0.818. The summed E-state index contributed by atoms with van der Waals surface area (Å²) >= 11 is 0. The number of nitrogens with one attached hydrogen (secondary N) is 1. The second kappa shape index (κ2) is 46.3. The first kappa shape index (κ1) is 56.3. The van der Waals surface area contributed by atoms with E-state index in [1.54, 1.807) is 0 Å². The molecule has 0 spiro atoms. The predicted molar refractivity (Wildman–Crippen MR) is 259 cm³/mol. The fourth-order valence-electron chi connectivity index (χ4n) is 6.33. The lowest BCUT2D eigenvalue weighted by Crippen LogP contribution is -2.46. The van der Waals surface area contributed by atoms with Crippen LogP contribution >= 0.6 is 0 Å². The Hall–Kier alpha value is -3.74. The first-order chi connectivity index (χ1) is 29.5. The number of carbonyl (C=O) groups is 2. The number of aliphatic hydroxyl groups is 2. The van der Waals surface area contributed by atoms with Crippen LogP contribution in [0.4, 0.5) is 0 Å². The SMILES string of the molecule is CC/C=C/C/C=C/C/C=C/C/C=C/C/C=C/CCC(=O)OC(CCCCC/C=C/C=C/C=C/C=C/C=C/CCC)CC(=O)NC(CO)C(O)CCCCCCCCCCC. The van der Waals surface area contributed by atoms with Crippen LogP contribution in [0.25, 0.3) is 0 Å². The summed E-state index contributed by atoms with van der Waals surface area (Å²) in [4.78, 5) is 26.0. The van der Waals surface area contributed by atoms with Gasteiger partial charge in [-0.25, -0.2) is 0 Å². The highest BCUT2D eigenvalue weighted by atomic mass is 16.5. The number of rotatable bonds is 40. The molecule has 0 fully saturated rings. The molecular formula is C54H87NO5. The van der Waals surface area contributed by atoms with E-state index >= 15 is 0 Å². The Balaban J connectivity index is 4.86. The Bertz CT molecular complexity index is 1300. The lowest BCUT2D eigenvalue weighted by atomic mass is 10.0. The van der Waals surface area contributed by atoms with Crippen LogP contribution in [0.3, 0.4) is 0 Å². The predicted octanol–water partition coefficient (Wildman–Crippen LogP) is 14.1. The Labute approximate surface area is 368 Å². The second-order valence-corrected chi connectivity index (χ2v) is 15.5. The molecule has 0 aliphatic rings. The fourth-order valence-corrected chi connectivity index (χ4v) is 6.33. The minimum Gasteiger partial charge on any atom is -0.462 e. The Kier molecular flexibility index (Phi) is 43.4. The summed E-state index contributed by atoms with van der Waals surface area (Å²) in [7, 11) is 0. The minimum absolute atomic E-state index is 0.0110. The smallest absolute Gasteiger partial charge is 0.306 e. The summed E-state index contributed by atoms with van der Waals surface area (Å²) in [5, 5.41) is 23.6. The monoisotopic (exact) mass is 830 g/mol. The third-order valence-corrected chi connectivity index (χ3v) is 9.90. The van der Waals surface area contributed by atoms with Gasteiger partial charge in [-0.05, 0) is 77.0 Å². The van der Waals surface area contributed by atoms with Gasteiger partial charge in [0, 0.05) is 6.42 Å². The van der Waals surface area contributed by atoms with Crippen LogP contribution in [-0.2, 0) is 14.3 Å². The quantitative estimate of drug-likeness (QED) is 0.0247. The maximum atomic E-state index is 13.1. The summed E-state index contributed by atoms with van der Waals surface area (Å²) in [6, 6.07) is -0.737. The van der Waals surface area contributed by atoms with Gasteiger partial charge in [-0.2, -0.15) is 0 Å². The van der Waals surface area contributed by atoms with Gasteiger partial charge in [0.2, 0.25) is 5.91 Å². The summed E-state index contributed by atoms with van der Waals surface area (Å²) in [5.74, 6) is -0.632. The molecule has 0 aromatic rings. The molecule has 0 aromatic heterocycles. The molecule has 1 amide bonds. The highest BCUT2D eigenvalue weighted by molar-refractivity contribution is 5.77. The zero-order chi connectivity index (χ0) is 43.8. The number of esters is 1. The lowest BCUT2D eigenvalue weighted by molar-refractivity contribution is -0.150. The topological polar surface area (TPSA) is 95.9 Å². The fraction of sp³-hybridized carbons (Fsp3) is 0.593. The number of hydrogen-bond donors (Lipinski definition) is 3. The van der Waals surface area contributed by atoms with Crippen LogP contribution in [0.1, 0.15) is 181 Å². The van der Waals surface area contributed by atoms with E-state index in [1.807, 2.05) is 42.5 Å². The third kappa shape index (κ3) is 41.0. The molecule has 0 rings (SSSR count). The van der Waals surface area contributed by atoms with Crippen molar-refractivity contribution in [2.45, 2.75) is 200 Å². The van der Waals surface area contributed by atoms with Crippen LogP contribution in [-0.4, -0.2) is 46.9 Å². The van der Waals surface area contributed by atoms with Crippen molar-refractivity contribution in [2.75, 3.05) is 6.61 Å². The van der Waals surface area contributed by atoms with Crippen LogP contribution in [0.5, 0.6) is 0 Å². The molecule has 0 aliphatic carbocycles. The van der Waals surface area contributed by atoms with Crippen LogP contribution < -0.4 is 5.32 Å². The molecule has 3 N–H and O–H groups in total. The molecule has 0 radical (unpaired) electrons. The number of hydrogen-bond acceptors (Lipinski definition) is 5. The van der Waals surface area contributed by atoms with Gasteiger partial charge in [0.05, 0.1) is 25.2 Å². The summed E-state index contributed by atoms with van der Waals surface area (Å²) in [6.45, 7) is 6.20. The lowest BCUT2D eigenvalue weighted by Gasteiger charge is -2.24. The second-order valence-electron chi connectivity index (χ2n) is 15.5. The van der Waals surface area contributed by atoms with Crippen LogP contribution in [0.15, 0.2) is 122 Å². The zero-order valence-corrected chi connectivity index (χ0v) is 38.3. The Morgan fingerprint density at radius 2 is 1.00 bits per heavy atom. The third-order valence-electron chi connectivity index (χ3n) is 9.90. The average molecular weight is 830 g/mol. The Morgan fingerprint density at radius 3 is 1.55 bits per heavy atom. The van der Waals surface area contributed by atoms with Gasteiger partial charge < -0.3 is 20.3 Å². The molecule has 3 unspecified atom stereocenters. The number of aliphatic hydroxyl groups excluding tert-OH is 2. The van der Waals surface area contributed by atoms with Crippen molar-refractivity contribution in [3.05, 3.63) is 122 Å².